The van der Waals surface area contributed by atoms with Crippen molar-refractivity contribution >= 4 is 10.8 Å². The van der Waals surface area contributed by atoms with Crippen LogP contribution in [0.15, 0.2) is 18.2 Å². The molecule has 6 heteroatoms. The van der Waals surface area contributed by atoms with E-state index >= 15 is 0 Å². The molecule has 1 heterocycles. The number of nitrogens with two attached hydrogens (primary N) is 1. The average Bonchev–Trinajstić information content (AvgIpc) is 2.54. The predicted octanol–water partition coefficient (Wildman–Crippen LogP) is 1.63. The Bertz CT molecular complexity index is 489. The molecule has 0 spiro atoms. The average molecular weight is 313 g/mol. The lowest BCUT2D eigenvalue weighted by atomic mass is 10.1. The highest BCUT2D eigenvalue weighted by Crippen LogP contribution is 2.30. The Labute approximate surface area is 128 Å². The summed E-state index contributed by atoms with van der Waals surface area (Å²) >= 11 is 0. The first kappa shape index (κ1) is 16.3. The van der Waals surface area contributed by atoms with Gasteiger partial charge in [-0.05, 0) is 30.5 Å². The van der Waals surface area contributed by atoms with Crippen LogP contribution in [0.4, 0.5) is 0 Å². The summed E-state index contributed by atoms with van der Waals surface area (Å²) in [5.41, 5.74) is 7.11. The molecule has 0 aromatic heterocycles. The Hall–Kier alpha value is -1.11. The van der Waals surface area contributed by atoms with Crippen molar-refractivity contribution in [2.45, 2.75) is 24.1 Å². The number of rotatable bonds is 6. The summed E-state index contributed by atoms with van der Waals surface area (Å²) in [6.45, 7) is 1.39. The lowest BCUT2D eigenvalue weighted by molar-refractivity contribution is 0.0992. The van der Waals surface area contributed by atoms with Crippen LogP contribution in [0.3, 0.4) is 0 Å². The first-order chi connectivity index (χ1) is 10.2. The zero-order chi connectivity index (χ0) is 15.2. The molecule has 1 aromatic carbocycles. The summed E-state index contributed by atoms with van der Waals surface area (Å²) in [5.74, 6) is 1.77. The van der Waals surface area contributed by atoms with Gasteiger partial charge < -0.3 is 19.9 Å². The summed E-state index contributed by atoms with van der Waals surface area (Å²) in [5, 5.41) is 0.199. The van der Waals surface area contributed by atoms with Gasteiger partial charge in [-0.25, -0.2) is 0 Å². The maximum absolute atomic E-state index is 12.4. The Morgan fingerprint density at radius 3 is 2.57 bits per heavy atom. The molecule has 2 atom stereocenters. The van der Waals surface area contributed by atoms with E-state index in [1.54, 1.807) is 14.2 Å². The minimum atomic E-state index is -0.930. The molecule has 0 aliphatic carbocycles. The molecule has 21 heavy (non-hydrogen) atoms. The van der Waals surface area contributed by atoms with E-state index < -0.39 is 10.8 Å². The molecule has 0 saturated carbocycles. The third-order valence-corrected chi connectivity index (χ3v) is 5.62. The number of methoxy groups -OCH3 is 2. The largest absolute Gasteiger partial charge is 0.493 e. The minimum absolute atomic E-state index is 0.199. The summed E-state index contributed by atoms with van der Waals surface area (Å²) in [6.07, 6.45) is 1.70. The normalized spacial score (nSPS) is 19.0. The van der Waals surface area contributed by atoms with Crippen LogP contribution in [0.1, 0.15) is 24.4 Å². The highest BCUT2D eigenvalue weighted by Gasteiger charge is 2.22. The molecule has 1 aliphatic heterocycles. The molecule has 1 aliphatic rings. The highest BCUT2D eigenvalue weighted by molar-refractivity contribution is 7.85. The van der Waals surface area contributed by atoms with Gasteiger partial charge in [0.15, 0.2) is 11.5 Å². The number of hydrogen-bond donors (Lipinski definition) is 1. The monoisotopic (exact) mass is 313 g/mol. The fraction of sp³-hybridized carbons (Fsp3) is 0.600. The zero-order valence-electron chi connectivity index (χ0n) is 12.5. The van der Waals surface area contributed by atoms with Gasteiger partial charge in [-0.3, -0.25) is 4.21 Å². The molecule has 0 amide bonds. The molecular weight excluding hydrogens is 290 g/mol. The van der Waals surface area contributed by atoms with Crippen LogP contribution < -0.4 is 15.2 Å². The number of ether oxygens (including phenoxy) is 3. The highest BCUT2D eigenvalue weighted by atomic mass is 32.2. The van der Waals surface area contributed by atoms with E-state index in [0.717, 1.165) is 18.4 Å². The predicted molar refractivity (Wildman–Crippen MR) is 83.3 cm³/mol. The lowest BCUT2D eigenvalue weighted by Crippen LogP contribution is -2.30. The topological polar surface area (TPSA) is 70.8 Å². The smallest absolute Gasteiger partial charge is 0.161 e. The zero-order valence-corrected chi connectivity index (χ0v) is 13.4. The molecule has 118 valence electrons. The van der Waals surface area contributed by atoms with E-state index in [2.05, 4.69) is 0 Å². The van der Waals surface area contributed by atoms with Gasteiger partial charge in [0.2, 0.25) is 0 Å². The second-order valence-corrected chi connectivity index (χ2v) is 6.84. The van der Waals surface area contributed by atoms with E-state index in [-0.39, 0.29) is 11.3 Å². The van der Waals surface area contributed by atoms with Crippen molar-refractivity contribution in [1.82, 2.24) is 0 Å². The molecule has 1 aromatic rings. The molecule has 2 unspecified atom stereocenters. The summed E-state index contributed by atoms with van der Waals surface area (Å²) in [7, 11) is 2.26. The lowest BCUT2D eigenvalue weighted by Gasteiger charge is -2.23. The van der Waals surface area contributed by atoms with Crippen molar-refractivity contribution in [3.8, 4) is 11.5 Å². The van der Waals surface area contributed by atoms with Crippen LogP contribution in [0.2, 0.25) is 0 Å². The quantitative estimate of drug-likeness (QED) is 0.864. The Kier molecular flexibility index (Phi) is 6.02. The van der Waals surface area contributed by atoms with Gasteiger partial charge in [-0.1, -0.05) is 6.07 Å². The van der Waals surface area contributed by atoms with Gasteiger partial charge in [-0.2, -0.15) is 0 Å². The Balaban J connectivity index is 2.02. The third-order valence-electron chi connectivity index (χ3n) is 3.72. The summed E-state index contributed by atoms with van der Waals surface area (Å²) < 4.78 is 28.2. The Morgan fingerprint density at radius 1 is 1.29 bits per heavy atom. The fourth-order valence-electron chi connectivity index (χ4n) is 2.43. The molecule has 1 saturated heterocycles. The standard InChI is InChI=1S/C15H23NO4S/c1-18-14-4-3-11(9-15(14)19-2)13(16)10-21(17)12-5-7-20-8-6-12/h3-4,9,12-13H,5-8,10,16H2,1-2H3. The van der Waals surface area contributed by atoms with E-state index in [0.29, 0.717) is 30.5 Å². The maximum atomic E-state index is 12.4. The van der Waals surface area contributed by atoms with Crippen molar-refractivity contribution in [3.63, 3.8) is 0 Å². The van der Waals surface area contributed by atoms with Crippen LogP contribution in [0.5, 0.6) is 11.5 Å². The molecule has 2 rings (SSSR count). The van der Waals surface area contributed by atoms with Crippen molar-refractivity contribution < 1.29 is 18.4 Å². The molecular formula is C15H23NO4S. The van der Waals surface area contributed by atoms with Crippen molar-refractivity contribution in [2.24, 2.45) is 5.73 Å². The SMILES string of the molecule is COc1ccc(C(N)CS(=O)C2CCOCC2)cc1OC. The summed E-state index contributed by atoms with van der Waals surface area (Å²) in [6, 6.07) is 5.30. The van der Waals surface area contributed by atoms with Crippen molar-refractivity contribution in [3.05, 3.63) is 23.8 Å². The maximum Gasteiger partial charge on any atom is 0.161 e. The van der Waals surface area contributed by atoms with E-state index in [4.69, 9.17) is 19.9 Å². The third kappa shape index (κ3) is 4.18. The first-order valence-electron chi connectivity index (χ1n) is 7.08. The second kappa shape index (κ2) is 7.77. The van der Waals surface area contributed by atoms with Gasteiger partial charge >= 0.3 is 0 Å². The van der Waals surface area contributed by atoms with Gasteiger partial charge in [0.05, 0.1) is 14.2 Å². The summed E-state index contributed by atoms with van der Waals surface area (Å²) in [4.78, 5) is 0. The minimum Gasteiger partial charge on any atom is -0.493 e. The van der Waals surface area contributed by atoms with E-state index in [1.165, 1.54) is 0 Å². The number of hydrogen-bond acceptors (Lipinski definition) is 5. The van der Waals surface area contributed by atoms with Crippen LogP contribution in [-0.4, -0.2) is 42.6 Å². The van der Waals surface area contributed by atoms with Crippen molar-refractivity contribution in [1.29, 1.82) is 0 Å². The van der Waals surface area contributed by atoms with E-state index in [1.807, 2.05) is 18.2 Å². The van der Waals surface area contributed by atoms with Crippen LogP contribution in [0, 0.1) is 0 Å². The van der Waals surface area contributed by atoms with Gasteiger partial charge in [-0.15, -0.1) is 0 Å². The number of benzene rings is 1. The Morgan fingerprint density at radius 2 is 1.95 bits per heavy atom. The van der Waals surface area contributed by atoms with Crippen LogP contribution in [0.25, 0.3) is 0 Å². The van der Waals surface area contributed by atoms with Crippen LogP contribution in [-0.2, 0) is 15.5 Å². The van der Waals surface area contributed by atoms with Gasteiger partial charge in [0.1, 0.15) is 0 Å². The van der Waals surface area contributed by atoms with Gasteiger partial charge in [0.25, 0.3) is 0 Å². The second-order valence-electron chi connectivity index (χ2n) is 5.08. The first-order valence-corrected chi connectivity index (χ1v) is 8.46. The molecule has 0 bridgehead atoms. The van der Waals surface area contributed by atoms with Gasteiger partial charge in [0, 0.05) is 41.1 Å². The fourth-order valence-corrected chi connectivity index (χ4v) is 3.97. The van der Waals surface area contributed by atoms with Crippen molar-refractivity contribution in [2.75, 3.05) is 33.2 Å². The molecule has 2 N–H and O–H groups in total. The molecule has 1 fully saturated rings. The molecule has 0 radical (unpaired) electrons. The molecule has 5 nitrogen and oxygen atoms in total. The van der Waals surface area contributed by atoms with Crippen LogP contribution >= 0.6 is 0 Å². The van der Waals surface area contributed by atoms with E-state index in [9.17, 15) is 4.21 Å².